The molecule has 1 N–H and O–H groups in total. The fraction of sp³-hybridized carbons (Fsp3) is 0.500. The van der Waals surface area contributed by atoms with Crippen LogP contribution in [-0.4, -0.2) is 21.5 Å². The van der Waals surface area contributed by atoms with Crippen LogP contribution in [0.5, 0.6) is 0 Å². The first-order chi connectivity index (χ1) is 10.0. The Balaban J connectivity index is 1.84. The number of aromatic nitrogens is 2. The first-order valence-electron chi connectivity index (χ1n) is 7.45. The number of rotatable bonds is 5. The summed E-state index contributed by atoms with van der Waals surface area (Å²) in [6.07, 6.45) is 2.69. The summed E-state index contributed by atoms with van der Waals surface area (Å²) in [5.74, 6) is 0.941. The quantitative estimate of drug-likeness (QED) is 0.861. The summed E-state index contributed by atoms with van der Waals surface area (Å²) < 4.78 is 2.07. The van der Waals surface area contributed by atoms with Crippen molar-refractivity contribution < 1.29 is 4.79 Å². The minimum Gasteiger partial charge on any atom is -0.353 e. The van der Waals surface area contributed by atoms with E-state index in [4.69, 9.17) is 11.6 Å². The van der Waals surface area contributed by atoms with Gasteiger partial charge in [-0.05, 0) is 44.4 Å². The Morgan fingerprint density at radius 2 is 2.29 bits per heavy atom. The maximum absolute atomic E-state index is 11.9. The SMILES string of the molecule is Cc1ccc2c(c1)nc(C(C)Cl)n2CCC(=O)NC1CC1. The van der Waals surface area contributed by atoms with Gasteiger partial charge in [-0.2, -0.15) is 0 Å². The molecule has 112 valence electrons. The Morgan fingerprint density at radius 3 is 2.95 bits per heavy atom. The van der Waals surface area contributed by atoms with Crippen LogP contribution in [0.3, 0.4) is 0 Å². The van der Waals surface area contributed by atoms with Crippen LogP contribution in [0, 0.1) is 6.92 Å². The molecule has 0 spiro atoms. The van der Waals surface area contributed by atoms with Crippen LogP contribution < -0.4 is 5.32 Å². The van der Waals surface area contributed by atoms with Crippen LogP contribution in [0.4, 0.5) is 0 Å². The molecule has 2 aromatic rings. The number of imidazole rings is 1. The van der Waals surface area contributed by atoms with E-state index in [0.717, 1.165) is 29.7 Å². The summed E-state index contributed by atoms with van der Waals surface area (Å²) in [7, 11) is 0. The van der Waals surface area contributed by atoms with Gasteiger partial charge in [0.05, 0.1) is 16.4 Å². The third-order valence-electron chi connectivity index (χ3n) is 3.79. The Morgan fingerprint density at radius 1 is 1.52 bits per heavy atom. The van der Waals surface area contributed by atoms with E-state index in [1.165, 1.54) is 5.56 Å². The maximum Gasteiger partial charge on any atom is 0.222 e. The molecule has 0 aliphatic heterocycles. The molecule has 0 radical (unpaired) electrons. The van der Waals surface area contributed by atoms with E-state index in [0.29, 0.717) is 19.0 Å². The molecule has 1 unspecified atom stereocenters. The highest BCUT2D eigenvalue weighted by Gasteiger charge is 2.23. The molecule has 4 nitrogen and oxygen atoms in total. The fourth-order valence-electron chi connectivity index (χ4n) is 2.54. The molecule has 3 rings (SSSR count). The fourth-order valence-corrected chi connectivity index (χ4v) is 2.70. The van der Waals surface area contributed by atoms with Gasteiger partial charge < -0.3 is 9.88 Å². The van der Waals surface area contributed by atoms with Gasteiger partial charge >= 0.3 is 0 Å². The molecule has 5 heteroatoms. The lowest BCUT2D eigenvalue weighted by Gasteiger charge is -2.10. The average Bonchev–Trinajstić information content (AvgIpc) is 3.15. The van der Waals surface area contributed by atoms with Crippen molar-refractivity contribution in [2.45, 2.75) is 51.1 Å². The predicted molar refractivity (Wildman–Crippen MR) is 84.5 cm³/mol. The molecule has 1 heterocycles. The molecular weight excluding hydrogens is 286 g/mol. The zero-order valence-corrected chi connectivity index (χ0v) is 13.2. The van der Waals surface area contributed by atoms with Gasteiger partial charge in [-0.1, -0.05) is 6.07 Å². The summed E-state index contributed by atoms with van der Waals surface area (Å²) >= 11 is 6.25. The summed E-state index contributed by atoms with van der Waals surface area (Å²) in [5, 5.41) is 2.84. The number of aryl methyl sites for hydroxylation is 2. The molecule has 0 saturated heterocycles. The number of halogens is 1. The van der Waals surface area contributed by atoms with E-state index in [9.17, 15) is 4.79 Å². The van der Waals surface area contributed by atoms with Crippen LogP contribution >= 0.6 is 11.6 Å². The predicted octanol–water partition coefficient (Wildman–Crippen LogP) is 3.31. The minimum atomic E-state index is -0.177. The van der Waals surface area contributed by atoms with E-state index in [-0.39, 0.29) is 11.3 Å². The van der Waals surface area contributed by atoms with E-state index < -0.39 is 0 Å². The second kappa shape index (κ2) is 5.68. The Bertz CT molecular complexity index is 673. The molecule has 21 heavy (non-hydrogen) atoms. The van der Waals surface area contributed by atoms with Gasteiger partial charge in [0.15, 0.2) is 0 Å². The zero-order chi connectivity index (χ0) is 15.0. The number of carbonyl (C=O) groups is 1. The van der Waals surface area contributed by atoms with E-state index in [1.807, 2.05) is 13.8 Å². The Kier molecular flexibility index (Phi) is 3.89. The first kappa shape index (κ1) is 14.4. The van der Waals surface area contributed by atoms with E-state index in [1.54, 1.807) is 0 Å². The van der Waals surface area contributed by atoms with Crippen molar-refractivity contribution in [3.05, 3.63) is 29.6 Å². The van der Waals surface area contributed by atoms with Gasteiger partial charge in [0.2, 0.25) is 5.91 Å². The molecule has 0 bridgehead atoms. The average molecular weight is 306 g/mol. The molecule has 1 aliphatic carbocycles. The van der Waals surface area contributed by atoms with Crippen molar-refractivity contribution in [2.75, 3.05) is 0 Å². The van der Waals surface area contributed by atoms with Gasteiger partial charge in [0, 0.05) is 19.0 Å². The lowest BCUT2D eigenvalue weighted by atomic mass is 10.2. The molecular formula is C16H20ClN3O. The lowest BCUT2D eigenvalue weighted by molar-refractivity contribution is -0.121. The first-order valence-corrected chi connectivity index (χ1v) is 7.88. The van der Waals surface area contributed by atoms with Gasteiger partial charge in [-0.25, -0.2) is 4.98 Å². The molecule has 1 fully saturated rings. The van der Waals surface area contributed by atoms with Crippen LogP contribution in [0.25, 0.3) is 11.0 Å². The number of amides is 1. The van der Waals surface area contributed by atoms with E-state index >= 15 is 0 Å². The summed E-state index contributed by atoms with van der Waals surface area (Å²) in [4.78, 5) is 16.5. The highest BCUT2D eigenvalue weighted by molar-refractivity contribution is 6.20. The highest BCUT2D eigenvalue weighted by Crippen LogP contribution is 2.25. The van der Waals surface area contributed by atoms with Gasteiger partial charge in [-0.3, -0.25) is 4.79 Å². The smallest absolute Gasteiger partial charge is 0.222 e. The summed E-state index contributed by atoms with van der Waals surface area (Å²) in [6.45, 7) is 4.58. The normalized spacial score (nSPS) is 16.1. The molecule has 1 aromatic carbocycles. The second-order valence-corrected chi connectivity index (χ2v) is 6.48. The molecule has 1 amide bonds. The molecule has 1 atom stereocenters. The van der Waals surface area contributed by atoms with Crippen LogP contribution in [-0.2, 0) is 11.3 Å². The second-order valence-electron chi connectivity index (χ2n) is 5.82. The van der Waals surface area contributed by atoms with E-state index in [2.05, 4.69) is 33.1 Å². The van der Waals surface area contributed by atoms with Crippen LogP contribution in [0.15, 0.2) is 18.2 Å². The Labute approximate surface area is 129 Å². The van der Waals surface area contributed by atoms with Gasteiger partial charge in [0.1, 0.15) is 5.82 Å². The molecule has 1 aliphatic rings. The number of carbonyl (C=O) groups excluding carboxylic acids is 1. The van der Waals surface area contributed by atoms with Gasteiger partial charge in [0.25, 0.3) is 0 Å². The number of nitrogens with one attached hydrogen (secondary N) is 1. The van der Waals surface area contributed by atoms with Crippen molar-refractivity contribution in [2.24, 2.45) is 0 Å². The maximum atomic E-state index is 11.9. The number of hydrogen-bond donors (Lipinski definition) is 1. The van der Waals surface area contributed by atoms with Crippen molar-refractivity contribution in [1.29, 1.82) is 0 Å². The zero-order valence-electron chi connectivity index (χ0n) is 12.4. The number of benzene rings is 1. The number of hydrogen-bond acceptors (Lipinski definition) is 2. The third-order valence-corrected chi connectivity index (χ3v) is 3.99. The standard InChI is InChI=1S/C16H20ClN3O/c1-10-3-6-14-13(9-10)19-16(11(2)17)20(14)8-7-15(21)18-12-4-5-12/h3,6,9,11-12H,4-5,7-8H2,1-2H3,(H,18,21). The largest absolute Gasteiger partial charge is 0.353 e. The highest BCUT2D eigenvalue weighted by atomic mass is 35.5. The van der Waals surface area contributed by atoms with Crippen molar-refractivity contribution >= 4 is 28.5 Å². The summed E-state index contributed by atoms with van der Waals surface area (Å²) in [6, 6.07) is 6.58. The third kappa shape index (κ3) is 3.21. The minimum absolute atomic E-state index is 0.111. The van der Waals surface area contributed by atoms with Crippen molar-refractivity contribution in [3.63, 3.8) is 0 Å². The molecule has 1 aromatic heterocycles. The van der Waals surface area contributed by atoms with Crippen molar-refractivity contribution in [3.8, 4) is 0 Å². The molecule has 1 saturated carbocycles. The Hall–Kier alpha value is -1.55. The number of fused-ring (bicyclic) bond motifs is 1. The summed E-state index contributed by atoms with van der Waals surface area (Å²) in [5.41, 5.74) is 3.16. The van der Waals surface area contributed by atoms with Crippen LogP contribution in [0.2, 0.25) is 0 Å². The number of nitrogens with zero attached hydrogens (tertiary/aromatic N) is 2. The van der Waals surface area contributed by atoms with Crippen LogP contribution in [0.1, 0.15) is 43.0 Å². The van der Waals surface area contributed by atoms with Gasteiger partial charge in [-0.15, -0.1) is 11.6 Å². The number of alkyl halides is 1. The monoisotopic (exact) mass is 305 g/mol. The lowest BCUT2D eigenvalue weighted by Crippen LogP contribution is -2.26. The van der Waals surface area contributed by atoms with Crippen molar-refractivity contribution in [1.82, 2.24) is 14.9 Å². The topological polar surface area (TPSA) is 46.9 Å².